The molecule has 0 fully saturated rings. The minimum absolute atomic E-state index is 0. The average molecular weight is 184 g/mol. The molecule has 0 aliphatic rings. The molecule has 0 aromatic rings. The van der Waals surface area contributed by atoms with Crippen molar-refractivity contribution in [3.8, 4) is 0 Å². The van der Waals surface area contributed by atoms with Crippen molar-refractivity contribution in [3.63, 3.8) is 0 Å². The first-order chi connectivity index (χ1) is 4.18. The summed E-state index contributed by atoms with van der Waals surface area (Å²) in [6.45, 7) is 0. The molecule has 0 radical (unpaired) electrons. The van der Waals surface area contributed by atoms with E-state index in [4.69, 9.17) is 10.0 Å². The molecule has 0 bridgehead atoms. The SMILES string of the molecule is FC=CF.OB(O)OF.[KH]. The summed E-state index contributed by atoms with van der Waals surface area (Å²) in [6.07, 6.45) is -0.333. The van der Waals surface area contributed by atoms with Gasteiger partial charge < -0.3 is 10.0 Å². The Labute approximate surface area is 98.4 Å². The second kappa shape index (κ2) is 16.6. The molecule has 3 nitrogen and oxygen atoms in total. The summed E-state index contributed by atoms with van der Waals surface area (Å²) in [5, 5.41) is 14.6. The number of rotatable bonds is 1. The van der Waals surface area contributed by atoms with Gasteiger partial charge in [0.25, 0.3) is 0 Å². The van der Waals surface area contributed by atoms with Crippen molar-refractivity contribution in [2.75, 3.05) is 0 Å². The maximum atomic E-state index is 10.2. The molecule has 0 spiro atoms. The van der Waals surface area contributed by atoms with Crippen molar-refractivity contribution in [2.45, 2.75) is 0 Å². The third kappa shape index (κ3) is 35.5. The fraction of sp³-hybridized carbons (Fsp3) is 0. The van der Waals surface area contributed by atoms with Gasteiger partial charge in [0.15, 0.2) is 0 Å². The summed E-state index contributed by atoms with van der Waals surface area (Å²) in [5.41, 5.74) is 0. The molecule has 0 amide bonds. The first kappa shape index (κ1) is 17.3. The van der Waals surface area contributed by atoms with E-state index in [9.17, 15) is 13.3 Å². The van der Waals surface area contributed by atoms with E-state index in [0.717, 1.165) is 0 Å². The summed E-state index contributed by atoms with van der Waals surface area (Å²) < 4.78 is 30.4. The van der Waals surface area contributed by atoms with Gasteiger partial charge in [-0.3, -0.25) is 0 Å². The van der Waals surface area contributed by atoms with Crippen molar-refractivity contribution in [2.24, 2.45) is 0 Å². The maximum absolute atomic E-state index is 10.2. The zero-order chi connectivity index (χ0) is 7.70. The quantitative estimate of drug-likeness (QED) is 0.545. The Kier molecular flexibility index (Phi) is 28.7. The standard InChI is InChI=1S/C2H2F2.BFH2O3.K.H/c3-1-2-4;2-5-1(3)4;;/h1-2H;3-4H;;. The molecule has 0 heterocycles. The van der Waals surface area contributed by atoms with Crippen LogP contribution in [0.25, 0.3) is 0 Å². The van der Waals surface area contributed by atoms with E-state index in [1.807, 2.05) is 0 Å². The minimum atomic E-state index is -2.28. The second-order valence-electron chi connectivity index (χ2n) is 0.667. The molecule has 56 valence electrons. The molecule has 0 aliphatic heterocycles. The van der Waals surface area contributed by atoms with E-state index in [1.165, 1.54) is 0 Å². The summed E-state index contributed by atoms with van der Waals surface area (Å²) in [4.78, 5) is 2.36. The molecule has 0 unspecified atom stereocenters. The summed E-state index contributed by atoms with van der Waals surface area (Å²) >= 11 is 0. The molecule has 0 aromatic carbocycles. The van der Waals surface area contributed by atoms with Crippen LogP contribution >= 0.6 is 0 Å². The molecular weight excluding hydrogens is 179 g/mol. The number of hydrogen-bond donors (Lipinski definition) is 2. The Morgan fingerprint density at radius 3 is 1.40 bits per heavy atom. The van der Waals surface area contributed by atoms with Gasteiger partial charge in [0, 0.05) is 0 Å². The molecule has 0 rings (SSSR count). The van der Waals surface area contributed by atoms with Gasteiger partial charge in [0.2, 0.25) is 0 Å². The van der Waals surface area contributed by atoms with Crippen LogP contribution in [-0.2, 0) is 4.86 Å². The van der Waals surface area contributed by atoms with Gasteiger partial charge in [0.1, 0.15) is 12.7 Å². The van der Waals surface area contributed by atoms with Crippen LogP contribution in [0.1, 0.15) is 0 Å². The Bertz CT molecular complexity index is 68.8. The average Bonchev–Trinajstić information content (AvgIpc) is 1.89. The fourth-order valence-corrected chi connectivity index (χ4v) is 0. The summed E-state index contributed by atoms with van der Waals surface area (Å²) in [7, 11) is -2.28. The fourth-order valence-electron chi connectivity index (χ4n) is 0. The number of halogens is 3. The Hall–Kier alpha value is 1.11. The van der Waals surface area contributed by atoms with Crippen LogP contribution in [-0.4, -0.2) is 68.8 Å². The van der Waals surface area contributed by atoms with Gasteiger partial charge in [-0.1, -0.05) is 4.53 Å². The van der Waals surface area contributed by atoms with Crippen LogP contribution in [0.2, 0.25) is 0 Å². The van der Waals surface area contributed by atoms with Crippen LogP contribution in [0.3, 0.4) is 0 Å². The van der Waals surface area contributed by atoms with Gasteiger partial charge >= 0.3 is 58.7 Å². The second-order valence-corrected chi connectivity index (χ2v) is 0.667. The molecule has 0 aromatic heterocycles. The van der Waals surface area contributed by atoms with E-state index < -0.39 is 7.32 Å². The van der Waals surface area contributed by atoms with E-state index in [1.54, 1.807) is 0 Å². The van der Waals surface area contributed by atoms with E-state index in [0.29, 0.717) is 0 Å². The summed E-state index contributed by atoms with van der Waals surface area (Å²) in [6, 6.07) is 0. The van der Waals surface area contributed by atoms with E-state index in [-0.39, 0.29) is 64.0 Å². The molecule has 0 saturated heterocycles. The molecule has 0 aliphatic carbocycles. The van der Waals surface area contributed by atoms with E-state index in [2.05, 4.69) is 4.86 Å². The predicted molar refractivity (Wildman–Crippen MR) is 30.9 cm³/mol. The zero-order valence-corrected chi connectivity index (χ0v) is 4.17. The van der Waals surface area contributed by atoms with Crippen molar-refractivity contribution < 1.29 is 28.2 Å². The molecule has 8 heteroatoms. The van der Waals surface area contributed by atoms with Gasteiger partial charge in [0.05, 0.1) is 0 Å². The van der Waals surface area contributed by atoms with Crippen LogP contribution in [0.15, 0.2) is 12.7 Å². The number of hydrogen-bond acceptors (Lipinski definition) is 3. The first-order valence-corrected chi connectivity index (χ1v) is 1.68. The molecule has 2 N–H and O–H groups in total. The first-order valence-electron chi connectivity index (χ1n) is 1.68. The molecule has 0 saturated carbocycles. The predicted octanol–water partition coefficient (Wildman–Crippen LogP) is -0.395. The molecule has 0 atom stereocenters. The normalized spacial score (nSPS) is 7.70. The zero-order valence-electron chi connectivity index (χ0n) is 4.17. The Morgan fingerprint density at radius 2 is 1.40 bits per heavy atom. The van der Waals surface area contributed by atoms with Gasteiger partial charge in [-0.2, -0.15) is 4.86 Å². The molecule has 10 heavy (non-hydrogen) atoms. The van der Waals surface area contributed by atoms with Gasteiger partial charge in [-0.05, 0) is 0 Å². The monoisotopic (exact) mass is 184 g/mol. The van der Waals surface area contributed by atoms with Crippen molar-refractivity contribution >= 4 is 58.7 Å². The Morgan fingerprint density at radius 1 is 1.20 bits per heavy atom. The topological polar surface area (TPSA) is 49.7 Å². The van der Waals surface area contributed by atoms with Crippen molar-refractivity contribution in [1.29, 1.82) is 0 Å². The van der Waals surface area contributed by atoms with Crippen LogP contribution in [0.5, 0.6) is 0 Å². The summed E-state index contributed by atoms with van der Waals surface area (Å²) in [5.74, 6) is 0. The third-order valence-corrected chi connectivity index (χ3v) is 0.127. The van der Waals surface area contributed by atoms with Gasteiger partial charge in [-0.15, -0.1) is 0 Å². The Balaban J connectivity index is -0.0000000910. The van der Waals surface area contributed by atoms with Gasteiger partial charge in [-0.25, -0.2) is 8.78 Å². The third-order valence-electron chi connectivity index (χ3n) is 0.127. The van der Waals surface area contributed by atoms with Crippen LogP contribution in [0.4, 0.5) is 13.3 Å². The van der Waals surface area contributed by atoms with Crippen LogP contribution < -0.4 is 0 Å². The molecular formula is C2H5BF3KO3. The van der Waals surface area contributed by atoms with Crippen molar-refractivity contribution in [3.05, 3.63) is 12.7 Å². The van der Waals surface area contributed by atoms with Crippen molar-refractivity contribution in [1.82, 2.24) is 0 Å². The van der Waals surface area contributed by atoms with Crippen LogP contribution in [0, 0.1) is 0 Å². The van der Waals surface area contributed by atoms with E-state index >= 15 is 0 Å².